The van der Waals surface area contributed by atoms with E-state index in [2.05, 4.69) is 29.4 Å². The van der Waals surface area contributed by atoms with Crippen molar-refractivity contribution in [1.29, 1.82) is 0 Å². The van der Waals surface area contributed by atoms with Crippen molar-refractivity contribution in [2.24, 2.45) is 0 Å². The Kier molecular flexibility index (Phi) is 4.48. The molecule has 1 saturated heterocycles. The zero-order valence-corrected chi connectivity index (χ0v) is 11.6. The summed E-state index contributed by atoms with van der Waals surface area (Å²) in [4.78, 5) is 2.43. The molecule has 0 aromatic heterocycles. The number of hydrogen-bond acceptors (Lipinski definition) is 3. The summed E-state index contributed by atoms with van der Waals surface area (Å²) in [5.74, 6) is 0.940. The van der Waals surface area contributed by atoms with Crippen LogP contribution in [0.2, 0.25) is 0 Å². The first-order chi connectivity index (χ1) is 8.65. The maximum absolute atomic E-state index is 5.70. The van der Waals surface area contributed by atoms with Gasteiger partial charge in [0.05, 0.1) is 6.10 Å². The summed E-state index contributed by atoms with van der Waals surface area (Å²) in [7, 11) is 2.21. The van der Waals surface area contributed by atoms with Crippen molar-refractivity contribution in [3.8, 4) is 5.75 Å². The number of hydrogen-bond donors (Lipinski definition) is 1. The first-order valence-electron chi connectivity index (χ1n) is 6.86. The summed E-state index contributed by atoms with van der Waals surface area (Å²) >= 11 is 0. The lowest BCUT2D eigenvalue weighted by Crippen LogP contribution is -2.31. The number of benzene rings is 1. The number of rotatable bonds is 5. The Balaban J connectivity index is 1.88. The fourth-order valence-corrected chi connectivity index (χ4v) is 2.42. The summed E-state index contributed by atoms with van der Waals surface area (Å²) < 4.78 is 5.70. The van der Waals surface area contributed by atoms with Gasteiger partial charge in [-0.3, -0.25) is 0 Å². The summed E-state index contributed by atoms with van der Waals surface area (Å²) in [5, 5.41) is 3.51. The number of likely N-dealkylation sites (tertiary alicyclic amines) is 1. The first kappa shape index (κ1) is 13.2. The minimum absolute atomic E-state index is 0.223. The van der Waals surface area contributed by atoms with Crippen LogP contribution in [0.5, 0.6) is 5.75 Å². The molecule has 1 heterocycles. The van der Waals surface area contributed by atoms with Crippen LogP contribution in [0.25, 0.3) is 0 Å². The molecule has 0 amide bonds. The van der Waals surface area contributed by atoms with E-state index in [1.165, 1.54) is 19.4 Å². The molecule has 0 aliphatic carbocycles. The lowest BCUT2D eigenvalue weighted by Gasteiger charge is -2.20. The molecule has 0 saturated carbocycles. The van der Waals surface area contributed by atoms with Gasteiger partial charge in [-0.1, -0.05) is 6.07 Å². The third-order valence-corrected chi connectivity index (χ3v) is 3.42. The van der Waals surface area contributed by atoms with E-state index in [4.69, 9.17) is 4.74 Å². The largest absolute Gasteiger partial charge is 0.491 e. The van der Waals surface area contributed by atoms with E-state index >= 15 is 0 Å². The minimum Gasteiger partial charge on any atom is -0.491 e. The van der Waals surface area contributed by atoms with Gasteiger partial charge in [0.2, 0.25) is 0 Å². The normalized spacial score (nSPS) is 20.3. The van der Waals surface area contributed by atoms with Gasteiger partial charge in [0.1, 0.15) is 5.75 Å². The topological polar surface area (TPSA) is 24.5 Å². The number of ether oxygens (including phenoxy) is 1. The molecular formula is C15H24N2O. The summed E-state index contributed by atoms with van der Waals surface area (Å²) in [6, 6.07) is 8.89. The van der Waals surface area contributed by atoms with Crippen molar-refractivity contribution in [1.82, 2.24) is 4.90 Å². The van der Waals surface area contributed by atoms with E-state index in [1.807, 2.05) is 26.0 Å². The Bertz CT molecular complexity index is 379. The van der Waals surface area contributed by atoms with Crippen molar-refractivity contribution in [3.05, 3.63) is 24.3 Å². The summed E-state index contributed by atoms with van der Waals surface area (Å²) in [6.07, 6.45) is 2.84. The molecule has 18 heavy (non-hydrogen) atoms. The number of nitrogens with one attached hydrogen (secondary N) is 1. The molecule has 0 bridgehead atoms. The lowest BCUT2D eigenvalue weighted by atomic mass is 10.2. The highest BCUT2D eigenvalue weighted by Gasteiger charge is 2.20. The van der Waals surface area contributed by atoms with Crippen LogP contribution in [-0.4, -0.2) is 37.2 Å². The van der Waals surface area contributed by atoms with Crippen molar-refractivity contribution in [2.75, 3.05) is 25.5 Å². The second-order valence-corrected chi connectivity index (χ2v) is 5.35. The van der Waals surface area contributed by atoms with Gasteiger partial charge in [0, 0.05) is 24.3 Å². The number of nitrogens with zero attached hydrogens (tertiary/aromatic N) is 1. The smallest absolute Gasteiger partial charge is 0.121 e. The lowest BCUT2D eigenvalue weighted by molar-refractivity contribution is 0.242. The van der Waals surface area contributed by atoms with Crippen LogP contribution >= 0.6 is 0 Å². The molecule has 0 spiro atoms. The molecule has 1 unspecified atom stereocenters. The highest BCUT2D eigenvalue weighted by atomic mass is 16.5. The predicted molar refractivity (Wildman–Crippen MR) is 76.3 cm³/mol. The van der Waals surface area contributed by atoms with Crippen molar-refractivity contribution >= 4 is 5.69 Å². The number of likely N-dealkylation sites (N-methyl/N-ethyl adjacent to an activating group) is 1. The molecule has 1 atom stereocenters. The van der Waals surface area contributed by atoms with Gasteiger partial charge in [0.15, 0.2) is 0 Å². The molecule has 1 fully saturated rings. The van der Waals surface area contributed by atoms with Gasteiger partial charge >= 0.3 is 0 Å². The average Bonchev–Trinajstić information content (AvgIpc) is 2.72. The second kappa shape index (κ2) is 6.10. The van der Waals surface area contributed by atoms with E-state index in [1.54, 1.807) is 0 Å². The summed E-state index contributed by atoms with van der Waals surface area (Å²) in [6.45, 7) is 6.34. The third-order valence-electron chi connectivity index (χ3n) is 3.42. The molecule has 3 nitrogen and oxygen atoms in total. The van der Waals surface area contributed by atoms with E-state index in [0.717, 1.165) is 18.0 Å². The van der Waals surface area contributed by atoms with Gasteiger partial charge in [0.25, 0.3) is 0 Å². The van der Waals surface area contributed by atoms with Crippen LogP contribution in [0.4, 0.5) is 5.69 Å². The minimum atomic E-state index is 0.223. The maximum atomic E-state index is 5.70. The van der Waals surface area contributed by atoms with Crippen molar-refractivity contribution < 1.29 is 4.74 Å². The van der Waals surface area contributed by atoms with Crippen LogP contribution in [0.15, 0.2) is 24.3 Å². The van der Waals surface area contributed by atoms with E-state index in [9.17, 15) is 0 Å². The van der Waals surface area contributed by atoms with Crippen LogP contribution in [0, 0.1) is 0 Å². The van der Waals surface area contributed by atoms with E-state index < -0.39 is 0 Å². The highest BCUT2D eigenvalue weighted by molar-refractivity contribution is 5.48. The van der Waals surface area contributed by atoms with Gasteiger partial charge in [-0.25, -0.2) is 0 Å². The summed E-state index contributed by atoms with van der Waals surface area (Å²) in [5.41, 5.74) is 1.15. The standard InChI is InChI=1S/C15H24N2O/c1-12(2)18-15-8-4-6-13(10-15)16-11-14-7-5-9-17(14)3/h4,6,8,10,12,14,16H,5,7,9,11H2,1-3H3. The SMILES string of the molecule is CC(C)Oc1cccc(NCC2CCCN2C)c1. The van der Waals surface area contributed by atoms with Crippen LogP contribution < -0.4 is 10.1 Å². The molecule has 1 aromatic carbocycles. The first-order valence-corrected chi connectivity index (χ1v) is 6.86. The van der Waals surface area contributed by atoms with Gasteiger partial charge in [-0.05, 0) is 52.4 Å². The Labute approximate surface area is 110 Å². The Morgan fingerprint density at radius 3 is 2.94 bits per heavy atom. The zero-order valence-electron chi connectivity index (χ0n) is 11.6. The van der Waals surface area contributed by atoms with Crippen LogP contribution in [0.3, 0.4) is 0 Å². The van der Waals surface area contributed by atoms with Gasteiger partial charge < -0.3 is 15.0 Å². The molecule has 100 valence electrons. The molecule has 2 rings (SSSR count). The molecular weight excluding hydrogens is 224 g/mol. The third kappa shape index (κ3) is 3.64. The monoisotopic (exact) mass is 248 g/mol. The Morgan fingerprint density at radius 2 is 2.28 bits per heavy atom. The van der Waals surface area contributed by atoms with Crippen molar-refractivity contribution in [2.45, 2.75) is 38.8 Å². The second-order valence-electron chi connectivity index (χ2n) is 5.35. The highest BCUT2D eigenvalue weighted by Crippen LogP contribution is 2.20. The van der Waals surface area contributed by atoms with E-state index in [0.29, 0.717) is 6.04 Å². The molecule has 1 N–H and O–H groups in total. The zero-order chi connectivity index (χ0) is 13.0. The maximum Gasteiger partial charge on any atom is 0.121 e. The van der Waals surface area contributed by atoms with Gasteiger partial charge in [-0.2, -0.15) is 0 Å². The molecule has 3 heteroatoms. The van der Waals surface area contributed by atoms with Crippen LogP contribution in [0.1, 0.15) is 26.7 Å². The predicted octanol–water partition coefficient (Wildman–Crippen LogP) is 2.98. The Morgan fingerprint density at radius 1 is 1.44 bits per heavy atom. The van der Waals surface area contributed by atoms with Crippen LogP contribution in [-0.2, 0) is 0 Å². The molecule has 0 radical (unpaired) electrons. The van der Waals surface area contributed by atoms with Crippen molar-refractivity contribution in [3.63, 3.8) is 0 Å². The fraction of sp³-hybridized carbons (Fsp3) is 0.600. The Hall–Kier alpha value is -1.22. The average molecular weight is 248 g/mol. The molecule has 1 aromatic rings. The number of anilines is 1. The van der Waals surface area contributed by atoms with E-state index in [-0.39, 0.29) is 6.10 Å². The van der Waals surface area contributed by atoms with Gasteiger partial charge in [-0.15, -0.1) is 0 Å². The molecule has 1 aliphatic heterocycles. The fourth-order valence-electron chi connectivity index (χ4n) is 2.42. The quantitative estimate of drug-likeness (QED) is 0.867. The molecule has 1 aliphatic rings.